The second kappa shape index (κ2) is 7.69. The van der Waals surface area contributed by atoms with Crippen LogP contribution in [0.15, 0.2) is 18.2 Å². The van der Waals surface area contributed by atoms with E-state index in [-0.39, 0.29) is 22.5 Å². The van der Waals surface area contributed by atoms with Crippen molar-refractivity contribution in [2.24, 2.45) is 5.92 Å². The van der Waals surface area contributed by atoms with Gasteiger partial charge in [-0.05, 0) is 31.0 Å². The van der Waals surface area contributed by atoms with Crippen LogP contribution in [0.5, 0.6) is 0 Å². The first-order chi connectivity index (χ1) is 9.79. The molecule has 1 aromatic carbocycles. The Labute approximate surface area is 127 Å². The summed E-state index contributed by atoms with van der Waals surface area (Å²) < 4.78 is 38.0. The summed E-state index contributed by atoms with van der Waals surface area (Å²) in [6.07, 6.45) is -1.37. The number of carbonyl (C=O) groups excluding carboxylic acids is 1. The second-order valence-electron chi connectivity index (χ2n) is 4.96. The van der Waals surface area contributed by atoms with Gasteiger partial charge in [-0.25, -0.2) is 0 Å². The molecule has 0 saturated carbocycles. The van der Waals surface area contributed by atoms with Crippen molar-refractivity contribution in [2.45, 2.75) is 45.7 Å². The van der Waals surface area contributed by atoms with Crippen molar-refractivity contribution in [3.05, 3.63) is 28.8 Å². The largest absolute Gasteiger partial charge is 0.416 e. The molecule has 0 fully saturated rings. The fourth-order valence-corrected chi connectivity index (χ4v) is 2.30. The van der Waals surface area contributed by atoms with Crippen LogP contribution in [0.2, 0.25) is 5.02 Å². The van der Waals surface area contributed by atoms with Gasteiger partial charge in [-0.15, -0.1) is 0 Å². The van der Waals surface area contributed by atoms with E-state index in [0.717, 1.165) is 31.0 Å². The molecule has 2 nitrogen and oxygen atoms in total. The minimum atomic E-state index is -4.46. The minimum Gasteiger partial charge on any atom is -0.325 e. The van der Waals surface area contributed by atoms with Crippen molar-refractivity contribution >= 4 is 23.2 Å². The number of carbonyl (C=O) groups is 1. The lowest BCUT2D eigenvalue weighted by Gasteiger charge is -2.17. The van der Waals surface area contributed by atoms with Crippen molar-refractivity contribution in [3.63, 3.8) is 0 Å². The Hall–Kier alpha value is -1.23. The zero-order valence-electron chi connectivity index (χ0n) is 12.1. The SMILES string of the molecule is CCCC(CCC)C(=O)Nc1cc(C(F)(F)F)ccc1Cl. The first-order valence-corrected chi connectivity index (χ1v) is 7.35. The number of hydrogen-bond acceptors (Lipinski definition) is 1. The molecule has 1 amide bonds. The second-order valence-corrected chi connectivity index (χ2v) is 5.36. The number of rotatable bonds is 6. The lowest BCUT2D eigenvalue weighted by Crippen LogP contribution is -2.23. The summed E-state index contributed by atoms with van der Waals surface area (Å²) in [7, 11) is 0. The number of benzene rings is 1. The first kappa shape index (κ1) is 17.8. The number of halogens is 4. The molecule has 1 N–H and O–H groups in total. The van der Waals surface area contributed by atoms with E-state index in [9.17, 15) is 18.0 Å². The van der Waals surface area contributed by atoms with E-state index in [4.69, 9.17) is 11.6 Å². The monoisotopic (exact) mass is 321 g/mol. The molecular weight excluding hydrogens is 303 g/mol. The topological polar surface area (TPSA) is 29.1 Å². The van der Waals surface area contributed by atoms with Gasteiger partial charge in [-0.3, -0.25) is 4.79 Å². The van der Waals surface area contributed by atoms with Gasteiger partial charge in [0.1, 0.15) is 0 Å². The van der Waals surface area contributed by atoms with Crippen molar-refractivity contribution in [1.82, 2.24) is 0 Å². The van der Waals surface area contributed by atoms with Crippen LogP contribution < -0.4 is 5.32 Å². The number of alkyl halides is 3. The molecule has 1 aromatic rings. The van der Waals surface area contributed by atoms with E-state index < -0.39 is 11.7 Å². The maximum Gasteiger partial charge on any atom is 0.416 e. The van der Waals surface area contributed by atoms with Gasteiger partial charge in [-0.1, -0.05) is 38.3 Å². The summed E-state index contributed by atoms with van der Waals surface area (Å²) in [5.74, 6) is -0.481. The standard InChI is InChI=1S/C15H19ClF3NO/c1-3-5-10(6-4-2)14(21)20-13-9-11(15(17,18)19)7-8-12(13)16/h7-10H,3-6H2,1-2H3,(H,20,21). The van der Waals surface area contributed by atoms with Crippen LogP contribution in [-0.2, 0) is 11.0 Å². The molecule has 0 aliphatic heterocycles. The van der Waals surface area contributed by atoms with Gasteiger partial charge < -0.3 is 5.32 Å². The zero-order chi connectivity index (χ0) is 16.0. The summed E-state index contributed by atoms with van der Waals surface area (Å²) in [5.41, 5.74) is -0.821. The number of anilines is 1. The molecule has 0 heterocycles. The number of hydrogen-bond donors (Lipinski definition) is 1. The highest BCUT2D eigenvalue weighted by molar-refractivity contribution is 6.33. The quantitative estimate of drug-likeness (QED) is 0.735. The smallest absolute Gasteiger partial charge is 0.325 e. The summed E-state index contributed by atoms with van der Waals surface area (Å²) in [6.45, 7) is 3.93. The Bertz CT molecular complexity index is 482. The average molecular weight is 322 g/mol. The molecular formula is C15H19ClF3NO. The highest BCUT2D eigenvalue weighted by atomic mass is 35.5. The van der Waals surface area contributed by atoms with Crippen molar-refractivity contribution in [2.75, 3.05) is 5.32 Å². The molecule has 118 valence electrons. The van der Waals surface area contributed by atoms with E-state index in [0.29, 0.717) is 12.8 Å². The molecule has 6 heteroatoms. The van der Waals surface area contributed by atoms with Crippen LogP contribution in [0.25, 0.3) is 0 Å². The van der Waals surface area contributed by atoms with Crippen LogP contribution in [0.1, 0.15) is 45.1 Å². The highest BCUT2D eigenvalue weighted by Crippen LogP contribution is 2.34. The van der Waals surface area contributed by atoms with Crippen molar-refractivity contribution in [1.29, 1.82) is 0 Å². The first-order valence-electron chi connectivity index (χ1n) is 6.97. The molecule has 21 heavy (non-hydrogen) atoms. The Morgan fingerprint density at radius 2 is 1.81 bits per heavy atom. The summed E-state index contributed by atoms with van der Waals surface area (Å²) in [6, 6.07) is 2.91. The molecule has 0 atom stereocenters. The van der Waals surface area contributed by atoms with E-state index >= 15 is 0 Å². The lowest BCUT2D eigenvalue weighted by molar-refractivity contribution is -0.137. The molecule has 0 aromatic heterocycles. The number of nitrogens with one attached hydrogen (secondary N) is 1. The van der Waals surface area contributed by atoms with Crippen LogP contribution in [-0.4, -0.2) is 5.91 Å². The molecule has 0 spiro atoms. The fourth-order valence-electron chi connectivity index (χ4n) is 2.14. The molecule has 0 aliphatic rings. The van der Waals surface area contributed by atoms with Gasteiger partial charge in [0.25, 0.3) is 0 Å². The Morgan fingerprint density at radius 1 is 1.24 bits per heavy atom. The van der Waals surface area contributed by atoms with Crippen LogP contribution in [0.4, 0.5) is 18.9 Å². The minimum absolute atomic E-state index is 0.00805. The molecule has 0 unspecified atom stereocenters. The predicted octanol–water partition coefficient (Wildman–Crippen LogP) is 5.51. The maximum absolute atomic E-state index is 12.7. The van der Waals surface area contributed by atoms with Gasteiger partial charge in [0.05, 0.1) is 16.3 Å². The maximum atomic E-state index is 12.7. The third kappa shape index (κ3) is 5.23. The van der Waals surface area contributed by atoms with Gasteiger partial charge in [-0.2, -0.15) is 13.2 Å². The highest BCUT2D eigenvalue weighted by Gasteiger charge is 2.31. The predicted molar refractivity (Wildman–Crippen MR) is 78.4 cm³/mol. The van der Waals surface area contributed by atoms with Crippen molar-refractivity contribution < 1.29 is 18.0 Å². The van der Waals surface area contributed by atoms with E-state index in [1.807, 2.05) is 13.8 Å². The Kier molecular flexibility index (Phi) is 6.52. The normalized spacial score (nSPS) is 11.8. The fraction of sp³-hybridized carbons (Fsp3) is 0.533. The van der Waals surface area contributed by atoms with E-state index in [2.05, 4.69) is 5.32 Å². The number of amides is 1. The zero-order valence-corrected chi connectivity index (χ0v) is 12.8. The van der Waals surface area contributed by atoms with Crippen LogP contribution in [0, 0.1) is 5.92 Å². The summed E-state index contributed by atoms with van der Waals surface area (Å²) in [5, 5.41) is 2.62. The van der Waals surface area contributed by atoms with Gasteiger partial charge in [0.2, 0.25) is 5.91 Å². The molecule has 0 bridgehead atoms. The van der Waals surface area contributed by atoms with Gasteiger partial charge in [0.15, 0.2) is 0 Å². The molecule has 0 radical (unpaired) electrons. The molecule has 1 rings (SSSR count). The Morgan fingerprint density at radius 3 is 2.29 bits per heavy atom. The molecule has 0 saturated heterocycles. The molecule has 0 aliphatic carbocycles. The summed E-state index contributed by atoms with van der Waals surface area (Å²) >= 11 is 5.87. The summed E-state index contributed by atoms with van der Waals surface area (Å²) in [4.78, 5) is 12.2. The Balaban J connectivity index is 2.93. The van der Waals surface area contributed by atoms with Crippen LogP contribution >= 0.6 is 11.6 Å². The third-order valence-electron chi connectivity index (χ3n) is 3.20. The average Bonchev–Trinajstić information content (AvgIpc) is 2.39. The van der Waals surface area contributed by atoms with Crippen LogP contribution in [0.3, 0.4) is 0 Å². The van der Waals surface area contributed by atoms with E-state index in [1.165, 1.54) is 0 Å². The van der Waals surface area contributed by atoms with E-state index in [1.54, 1.807) is 0 Å². The van der Waals surface area contributed by atoms with Gasteiger partial charge in [0, 0.05) is 5.92 Å². The van der Waals surface area contributed by atoms with Gasteiger partial charge >= 0.3 is 6.18 Å². The third-order valence-corrected chi connectivity index (χ3v) is 3.53. The lowest BCUT2D eigenvalue weighted by atomic mass is 9.97. The van der Waals surface area contributed by atoms with Crippen molar-refractivity contribution in [3.8, 4) is 0 Å².